The minimum Gasteiger partial charge on any atom is -0.350 e. The number of para-hydroxylation sites is 1. The SMILES string of the molecule is CC[C@@H](C(=O)NC(C)(C)C)N(Cc1ccc(F)cc1)C(=O)CCCN(c1ccccc1)S(C)(=O)=O. The molecule has 0 aliphatic carbocycles. The molecule has 0 saturated carbocycles. The monoisotopic (exact) mass is 505 g/mol. The average molecular weight is 506 g/mol. The maximum absolute atomic E-state index is 13.4. The number of amides is 2. The van der Waals surface area contributed by atoms with Crippen LogP contribution < -0.4 is 9.62 Å². The Hall–Kier alpha value is -2.94. The first-order chi connectivity index (χ1) is 16.3. The maximum atomic E-state index is 13.4. The Balaban J connectivity index is 2.21. The van der Waals surface area contributed by atoms with Crippen LogP contribution in [0.25, 0.3) is 0 Å². The zero-order valence-electron chi connectivity index (χ0n) is 21.1. The molecule has 192 valence electrons. The van der Waals surface area contributed by atoms with Crippen molar-refractivity contribution in [1.82, 2.24) is 10.2 Å². The second-order valence-electron chi connectivity index (χ2n) is 9.59. The van der Waals surface area contributed by atoms with Crippen molar-refractivity contribution in [1.29, 1.82) is 0 Å². The second kappa shape index (κ2) is 12.2. The van der Waals surface area contributed by atoms with Gasteiger partial charge < -0.3 is 10.2 Å². The van der Waals surface area contributed by atoms with Gasteiger partial charge in [-0.15, -0.1) is 0 Å². The van der Waals surface area contributed by atoms with Gasteiger partial charge in [0.2, 0.25) is 21.8 Å². The topological polar surface area (TPSA) is 86.8 Å². The van der Waals surface area contributed by atoms with Crippen LogP contribution in [0.5, 0.6) is 0 Å². The Labute approximate surface area is 208 Å². The van der Waals surface area contributed by atoms with Gasteiger partial charge in [0.05, 0.1) is 11.9 Å². The molecule has 35 heavy (non-hydrogen) atoms. The molecule has 0 fully saturated rings. The summed E-state index contributed by atoms with van der Waals surface area (Å²) in [6, 6.07) is 13.8. The number of benzene rings is 2. The lowest BCUT2D eigenvalue weighted by atomic mass is 10.0. The molecule has 1 N–H and O–H groups in total. The highest BCUT2D eigenvalue weighted by Gasteiger charge is 2.30. The van der Waals surface area contributed by atoms with Gasteiger partial charge in [-0.2, -0.15) is 0 Å². The largest absolute Gasteiger partial charge is 0.350 e. The molecule has 0 radical (unpaired) electrons. The van der Waals surface area contributed by atoms with Gasteiger partial charge >= 0.3 is 0 Å². The number of nitrogens with one attached hydrogen (secondary N) is 1. The van der Waals surface area contributed by atoms with E-state index in [0.717, 1.165) is 6.26 Å². The lowest BCUT2D eigenvalue weighted by Gasteiger charge is -2.33. The Morgan fingerprint density at radius 2 is 1.63 bits per heavy atom. The summed E-state index contributed by atoms with van der Waals surface area (Å²) < 4.78 is 39.3. The van der Waals surface area contributed by atoms with Gasteiger partial charge in [0, 0.05) is 25.0 Å². The van der Waals surface area contributed by atoms with E-state index >= 15 is 0 Å². The van der Waals surface area contributed by atoms with Crippen LogP contribution in [-0.4, -0.2) is 49.5 Å². The fraction of sp³-hybridized carbons (Fsp3) is 0.462. The molecule has 2 aromatic carbocycles. The first-order valence-electron chi connectivity index (χ1n) is 11.7. The molecule has 7 nitrogen and oxygen atoms in total. The molecule has 1 atom stereocenters. The second-order valence-corrected chi connectivity index (χ2v) is 11.5. The van der Waals surface area contributed by atoms with E-state index < -0.39 is 21.6 Å². The van der Waals surface area contributed by atoms with E-state index in [2.05, 4.69) is 5.32 Å². The molecule has 2 amide bonds. The molecule has 9 heteroatoms. The van der Waals surface area contributed by atoms with Gasteiger partial charge in [-0.05, 0) is 63.4 Å². The lowest BCUT2D eigenvalue weighted by molar-refractivity contribution is -0.142. The third kappa shape index (κ3) is 8.98. The lowest BCUT2D eigenvalue weighted by Crippen LogP contribution is -2.53. The summed E-state index contributed by atoms with van der Waals surface area (Å²) >= 11 is 0. The molecule has 0 spiro atoms. The van der Waals surface area contributed by atoms with Crippen LogP contribution in [0, 0.1) is 5.82 Å². The minimum absolute atomic E-state index is 0.0549. The van der Waals surface area contributed by atoms with Gasteiger partial charge in [0.15, 0.2) is 0 Å². The van der Waals surface area contributed by atoms with Crippen molar-refractivity contribution in [2.24, 2.45) is 0 Å². The van der Waals surface area contributed by atoms with Crippen molar-refractivity contribution in [2.45, 2.75) is 65.1 Å². The molecule has 0 saturated heterocycles. The molecule has 0 aromatic heterocycles. The molecule has 0 heterocycles. The highest BCUT2D eigenvalue weighted by atomic mass is 32.2. The van der Waals surface area contributed by atoms with Crippen molar-refractivity contribution >= 4 is 27.5 Å². The quantitative estimate of drug-likeness (QED) is 0.498. The van der Waals surface area contributed by atoms with Crippen molar-refractivity contribution < 1.29 is 22.4 Å². The summed E-state index contributed by atoms with van der Waals surface area (Å²) in [6.07, 6.45) is 1.86. The van der Waals surface area contributed by atoms with Crippen LogP contribution in [0.3, 0.4) is 0 Å². The van der Waals surface area contributed by atoms with Crippen LogP contribution >= 0.6 is 0 Å². The minimum atomic E-state index is -3.53. The van der Waals surface area contributed by atoms with Crippen LogP contribution in [0.2, 0.25) is 0 Å². The standard InChI is InChI=1S/C26H36FN3O4S/c1-6-23(25(32)28-26(2,3)4)29(19-20-14-16-21(27)17-15-20)24(31)13-10-18-30(35(5,33)34)22-11-8-7-9-12-22/h7-9,11-12,14-17,23H,6,10,13,18-19H2,1-5H3,(H,28,32)/t23-/m0/s1. The van der Waals surface area contributed by atoms with Crippen molar-refractivity contribution in [3.63, 3.8) is 0 Å². The van der Waals surface area contributed by atoms with Crippen LogP contribution in [-0.2, 0) is 26.2 Å². The summed E-state index contributed by atoms with van der Waals surface area (Å²) in [5.74, 6) is -0.921. The zero-order valence-corrected chi connectivity index (χ0v) is 21.9. The molecule has 0 aliphatic rings. The van der Waals surface area contributed by atoms with Crippen molar-refractivity contribution in [3.8, 4) is 0 Å². The van der Waals surface area contributed by atoms with Crippen molar-refractivity contribution in [2.75, 3.05) is 17.1 Å². The van der Waals surface area contributed by atoms with Crippen LogP contribution in [0.15, 0.2) is 54.6 Å². The Morgan fingerprint density at radius 1 is 1.03 bits per heavy atom. The first kappa shape index (κ1) is 28.3. The number of hydrogen-bond donors (Lipinski definition) is 1. The number of rotatable bonds is 11. The average Bonchev–Trinajstić information content (AvgIpc) is 2.76. The van der Waals surface area contributed by atoms with E-state index in [1.54, 1.807) is 42.5 Å². The van der Waals surface area contributed by atoms with Gasteiger partial charge in [0.1, 0.15) is 11.9 Å². The van der Waals surface area contributed by atoms with E-state index in [-0.39, 0.29) is 43.6 Å². The maximum Gasteiger partial charge on any atom is 0.243 e. The number of halogens is 1. The predicted octanol–water partition coefficient (Wildman–Crippen LogP) is 4.09. The van der Waals surface area contributed by atoms with E-state index in [4.69, 9.17) is 0 Å². The van der Waals surface area contributed by atoms with Crippen LogP contribution in [0.4, 0.5) is 10.1 Å². The van der Waals surface area contributed by atoms with E-state index in [1.807, 2.05) is 27.7 Å². The van der Waals surface area contributed by atoms with Gasteiger partial charge in [-0.3, -0.25) is 13.9 Å². The molecule has 0 unspecified atom stereocenters. The summed E-state index contributed by atoms with van der Waals surface area (Å²) in [6.45, 7) is 7.71. The molecule has 2 rings (SSSR count). The molecular formula is C26H36FN3O4S. The van der Waals surface area contributed by atoms with Gasteiger partial charge in [-0.1, -0.05) is 37.3 Å². The number of anilines is 1. The number of sulfonamides is 1. The Bertz CT molecular complexity index is 1080. The third-order valence-electron chi connectivity index (χ3n) is 5.35. The number of carbonyl (C=O) groups is 2. The van der Waals surface area contributed by atoms with E-state index in [0.29, 0.717) is 17.7 Å². The number of nitrogens with zero attached hydrogens (tertiary/aromatic N) is 2. The van der Waals surface area contributed by atoms with Gasteiger partial charge in [0.25, 0.3) is 0 Å². The van der Waals surface area contributed by atoms with Gasteiger partial charge in [-0.25, -0.2) is 12.8 Å². The molecule has 0 aliphatic heterocycles. The van der Waals surface area contributed by atoms with Crippen molar-refractivity contribution in [3.05, 3.63) is 66.0 Å². The number of carbonyl (C=O) groups excluding carboxylic acids is 2. The highest BCUT2D eigenvalue weighted by molar-refractivity contribution is 7.92. The Morgan fingerprint density at radius 3 is 2.14 bits per heavy atom. The van der Waals surface area contributed by atoms with Crippen LogP contribution in [0.1, 0.15) is 52.5 Å². The zero-order chi connectivity index (χ0) is 26.2. The predicted molar refractivity (Wildman–Crippen MR) is 137 cm³/mol. The smallest absolute Gasteiger partial charge is 0.243 e. The molecule has 2 aromatic rings. The summed E-state index contributed by atoms with van der Waals surface area (Å²) in [5, 5.41) is 2.94. The fourth-order valence-electron chi connectivity index (χ4n) is 3.76. The summed E-state index contributed by atoms with van der Waals surface area (Å²) in [5.41, 5.74) is 0.756. The highest BCUT2D eigenvalue weighted by Crippen LogP contribution is 2.19. The fourth-order valence-corrected chi connectivity index (χ4v) is 4.72. The van der Waals surface area contributed by atoms with E-state index in [1.165, 1.54) is 21.3 Å². The summed E-state index contributed by atoms with van der Waals surface area (Å²) in [4.78, 5) is 27.9. The third-order valence-corrected chi connectivity index (χ3v) is 6.54. The molecular weight excluding hydrogens is 469 g/mol. The first-order valence-corrected chi connectivity index (χ1v) is 13.6. The number of hydrogen-bond acceptors (Lipinski definition) is 4. The summed E-state index contributed by atoms with van der Waals surface area (Å²) in [7, 11) is -3.53. The molecule has 0 bridgehead atoms. The Kier molecular flexibility index (Phi) is 9.82. The van der Waals surface area contributed by atoms with E-state index in [9.17, 15) is 22.4 Å². The normalized spacial score (nSPS) is 12.6.